The minimum atomic E-state index is -0.134. The summed E-state index contributed by atoms with van der Waals surface area (Å²) in [7, 11) is 0. The van der Waals surface area contributed by atoms with Gasteiger partial charge in [0.2, 0.25) is 0 Å². The lowest BCUT2D eigenvalue weighted by Gasteiger charge is -2.03. The summed E-state index contributed by atoms with van der Waals surface area (Å²) in [6, 6.07) is 7.12. The molecule has 3 nitrogen and oxygen atoms in total. The molecule has 0 fully saturated rings. The molecule has 0 saturated carbocycles. The van der Waals surface area contributed by atoms with Crippen molar-refractivity contribution < 1.29 is 0 Å². The first kappa shape index (κ1) is 9.93. The molecule has 0 atom stereocenters. The van der Waals surface area contributed by atoms with E-state index in [1.165, 1.54) is 6.33 Å². The number of hydrogen-bond donors (Lipinski definition) is 1. The van der Waals surface area contributed by atoms with Gasteiger partial charge in [0.15, 0.2) is 0 Å². The molecule has 1 N–H and O–H groups in total. The summed E-state index contributed by atoms with van der Waals surface area (Å²) in [4.78, 5) is 18.2. The molecular formula is C11H9ClN2O. The summed E-state index contributed by atoms with van der Waals surface area (Å²) in [5.74, 6) is 0. The smallest absolute Gasteiger partial charge is 0.258 e. The second-order valence-electron chi connectivity index (χ2n) is 3.20. The predicted octanol–water partition coefficient (Wildman–Crippen LogP) is 2.40. The lowest BCUT2D eigenvalue weighted by Crippen LogP contribution is -2.11. The van der Waals surface area contributed by atoms with E-state index in [9.17, 15) is 4.79 Å². The molecule has 0 saturated heterocycles. The van der Waals surface area contributed by atoms with Gasteiger partial charge in [0.1, 0.15) is 0 Å². The van der Waals surface area contributed by atoms with E-state index >= 15 is 0 Å². The standard InChI is InChI=1S/C11H9ClN2O/c1-7-10(11(15)14-6-13-7)8-2-4-9(12)5-3-8/h2-6H,1H3,(H,13,14,15). The summed E-state index contributed by atoms with van der Waals surface area (Å²) < 4.78 is 0. The van der Waals surface area contributed by atoms with Gasteiger partial charge >= 0.3 is 0 Å². The number of aryl methyl sites for hydroxylation is 1. The maximum Gasteiger partial charge on any atom is 0.258 e. The van der Waals surface area contributed by atoms with E-state index in [0.717, 1.165) is 5.56 Å². The summed E-state index contributed by atoms with van der Waals surface area (Å²) in [6.45, 7) is 1.80. The van der Waals surface area contributed by atoms with Crippen LogP contribution in [0.4, 0.5) is 0 Å². The molecule has 1 heterocycles. The van der Waals surface area contributed by atoms with Crippen LogP contribution in [0.25, 0.3) is 11.1 Å². The fourth-order valence-electron chi connectivity index (χ4n) is 1.45. The lowest BCUT2D eigenvalue weighted by atomic mass is 10.1. The van der Waals surface area contributed by atoms with Gasteiger partial charge in [-0.1, -0.05) is 23.7 Å². The molecule has 0 spiro atoms. The van der Waals surface area contributed by atoms with Gasteiger partial charge in [0, 0.05) is 5.02 Å². The van der Waals surface area contributed by atoms with E-state index < -0.39 is 0 Å². The van der Waals surface area contributed by atoms with E-state index in [4.69, 9.17) is 11.6 Å². The molecule has 0 aliphatic heterocycles. The Morgan fingerprint density at radius 2 is 1.93 bits per heavy atom. The molecule has 2 rings (SSSR count). The number of nitrogens with one attached hydrogen (secondary N) is 1. The fourth-order valence-corrected chi connectivity index (χ4v) is 1.57. The van der Waals surface area contributed by atoms with Gasteiger partial charge in [0.05, 0.1) is 17.6 Å². The van der Waals surface area contributed by atoms with Crippen molar-refractivity contribution in [3.63, 3.8) is 0 Å². The summed E-state index contributed by atoms with van der Waals surface area (Å²) in [5, 5.41) is 0.650. The highest BCUT2D eigenvalue weighted by molar-refractivity contribution is 6.30. The van der Waals surface area contributed by atoms with Crippen LogP contribution in [0, 0.1) is 6.92 Å². The Hall–Kier alpha value is -1.61. The Morgan fingerprint density at radius 3 is 2.53 bits per heavy atom. The molecule has 0 unspecified atom stereocenters. The number of halogens is 1. The maximum absolute atomic E-state index is 11.6. The van der Waals surface area contributed by atoms with Gasteiger partial charge < -0.3 is 4.98 Å². The van der Waals surface area contributed by atoms with Crippen LogP contribution in [0.5, 0.6) is 0 Å². The van der Waals surface area contributed by atoms with Crippen molar-refractivity contribution in [1.82, 2.24) is 9.97 Å². The van der Waals surface area contributed by atoms with Crippen LogP contribution in [-0.4, -0.2) is 9.97 Å². The van der Waals surface area contributed by atoms with Crippen LogP contribution in [0.1, 0.15) is 5.69 Å². The van der Waals surface area contributed by atoms with E-state index in [-0.39, 0.29) is 5.56 Å². The Labute approximate surface area is 91.8 Å². The average Bonchev–Trinajstić information content (AvgIpc) is 2.20. The summed E-state index contributed by atoms with van der Waals surface area (Å²) in [6.07, 6.45) is 1.40. The minimum Gasteiger partial charge on any atom is -0.313 e. The lowest BCUT2D eigenvalue weighted by molar-refractivity contribution is 1.07. The summed E-state index contributed by atoms with van der Waals surface area (Å²) in [5.41, 5.74) is 1.99. The van der Waals surface area contributed by atoms with Gasteiger partial charge in [-0.05, 0) is 24.6 Å². The van der Waals surface area contributed by atoms with Crippen molar-refractivity contribution in [1.29, 1.82) is 0 Å². The van der Waals surface area contributed by atoms with Crippen molar-refractivity contribution in [2.45, 2.75) is 6.92 Å². The second kappa shape index (κ2) is 3.87. The third-order valence-corrected chi connectivity index (χ3v) is 2.43. The molecule has 1 aromatic carbocycles. The first-order valence-electron chi connectivity index (χ1n) is 4.48. The molecule has 0 radical (unpaired) electrons. The first-order chi connectivity index (χ1) is 7.18. The SMILES string of the molecule is Cc1nc[nH]c(=O)c1-c1ccc(Cl)cc1. The number of hydrogen-bond acceptors (Lipinski definition) is 2. The van der Waals surface area contributed by atoms with Crippen LogP contribution >= 0.6 is 11.6 Å². The molecule has 76 valence electrons. The number of nitrogens with zero attached hydrogens (tertiary/aromatic N) is 1. The highest BCUT2D eigenvalue weighted by Gasteiger charge is 2.06. The van der Waals surface area contributed by atoms with Crippen LogP contribution in [0.2, 0.25) is 5.02 Å². The molecule has 0 aliphatic carbocycles. The van der Waals surface area contributed by atoms with E-state index in [1.54, 1.807) is 19.1 Å². The van der Waals surface area contributed by atoms with Gasteiger partial charge in [-0.25, -0.2) is 4.98 Å². The van der Waals surface area contributed by atoms with Crippen molar-refractivity contribution in [2.24, 2.45) is 0 Å². The molecule has 0 amide bonds. The largest absolute Gasteiger partial charge is 0.313 e. The van der Waals surface area contributed by atoms with Crippen LogP contribution < -0.4 is 5.56 Å². The van der Waals surface area contributed by atoms with Crippen molar-refractivity contribution >= 4 is 11.6 Å². The van der Waals surface area contributed by atoms with Gasteiger partial charge in [0.25, 0.3) is 5.56 Å². The molecule has 0 aliphatic rings. The number of rotatable bonds is 1. The van der Waals surface area contributed by atoms with Crippen molar-refractivity contribution in [2.75, 3.05) is 0 Å². The molecule has 4 heteroatoms. The topological polar surface area (TPSA) is 45.8 Å². The van der Waals surface area contributed by atoms with E-state index in [0.29, 0.717) is 16.3 Å². The Balaban J connectivity index is 2.64. The monoisotopic (exact) mass is 220 g/mol. The normalized spacial score (nSPS) is 10.3. The van der Waals surface area contributed by atoms with Gasteiger partial charge in [-0.15, -0.1) is 0 Å². The zero-order valence-electron chi connectivity index (χ0n) is 8.12. The fraction of sp³-hybridized carbons (Fsp3) is 0.0909. The number of aromatic nitrogens is 2. The zero-order valence-corrected chi connectivity index (χ0v) is 8.88. The van der Waals surface area contributed by atoms with Crippen molar-refractivity contribution in [3.05, 3.63) is 51.7 Å². The Kier molecular flexibility index (Phi) is 2.56. The molecule has 1 aromatic heterocycles. The number of benzene rings is 1. The number of aromatic amines is 1. The van der Waals surface area contributed by atoms with E-state index in [1.807, 2.05) is 12.1 Å². The minimum absolute atomic E-state index is 0.134. The van der Waals surface area contributed by atoms with Crippen molar-refractivity contribution in [3.8, 4) is 11.1 Å². The molecular weight excluding hydrogens is 212 g/mol. The molecule has 2 aromatic rings. The second-order valence-corrected chi connectivity index (χ2v) is 3.64. The summed E-state index contributed by atoms with van der Waals surface area (Å²) >= 11 is 5.78. The highest BCUT2D eigenvalue weighted by atomic mass is 35.5. The van der Waals surface area contributed by atoms with Gasteiger partial charge in [-0.2, -0.15) is 0 Å². The van der Waals surface area contributed by atoms with Crippen LogP contribution in [0.15, 0.2) is 35.4 Å². The average molecular weight is 221 g/mol. The van der Waals surface area contributed by atoms with Gasteiger partial charge in [-0.3, -0.25) is 4.79 Å². The van der Waals surface area contributed by atoms with Crippen LogP contribution in [0.3, 0.4) is 0 Å². The molecule has 0 bridgehead atoms. The maximum atomic E-state index is 11.6. The van der Waals surface area contributed by atoms with Crippen LogP contribution in [-0.2, 0) is 0 Å². The predicted molar refractivity (Wildman–Crippen MR) is 60.0 cm³/mol. The van der Waals surface area contributed by atoms with E-state index in [2.05, 4.69) is 9.97 Å². The number of H-pyrrole nitrogens is 1. The first-order valence-corrected chi connectivity index (χ1v) is 4.86. The Bertz CT molecular complexity index is 531. The zero-order chi connectivity index (χ0) is 10.8. The molecule has 15 heavy (non-hydrogen) atoms. The third-order valence-electron chi connectivity index (χ3n) is 2.18. The quantitative estimate of drug-likeness (QED) is 0.802. The highest BCUT2D eigenvalue weighted by Crippen LogP contribution is 2.19. The third kappa shape index (κ3) is 1.92. The Morgan fingerprint density at radius 1 is 1.27 bits per heavy atom.